The van der Waals surface area contributed by atoms with Crippen molar-refractivity contribution in [1.82, 2.24) is 30.2 Å². The van der Waals surface area contributed by atoms with E-state index >= 15 is 0 Å². The van der Waals surface area contributed by atoms with Gasteiger partial charge in [0.15, 0.2) is 11.9 Å². The number of rotatable bonds is 10. The highest BCUT2D eigenvalue weighted by Gasteiger charge is 2.42. The van der Waals surface area contributed by atoms with Crippen LogP contribution < -0.4 is 33.6 Å². The molecule has 300 valence electrons. The maximum atomic E-state index is 13.1. The van der Waals surface area contributed by atoms with Gasteiger partial charge in [0.25, 0.3) is 0 Å². The Balaban J connectivity index is 0.894. The van der Waals surface area contributed by atoms with Crippen LogP contribution in [0.5, 0.6) is 0 Å². The minimum Gasteiger partial charge on any atom is -0.449 e. The van der Waals surface area contributed by atoms with Crippen molar-refractivity contribution in [1.29, 1.82) is 0 Å². The average Bonchev–Trinajstić information content (AvgIpc) is 3.21. The number of hydrogen-bond donors (Lipinski definition) is 6. The monoisotopic (exact) mass is 772 g/mol. The number of amides is 6. The Bertz CT molecular complexity index is 1650. The van der Waals surface area contributed by atoms with Crippen LogP contribution in [0.1, 0.15) is 24.0 Å². The first-order chi connectivity index (χ1) is 27.0. The second-order valence-corrected chi connectivity index (χ2v) is 14.4. The number of carbonyl (C=O) groups excluding carboxylic acids is 4. The molecule has 2 aromatic carbocycles. The van der Waals surface area contributed by atoms with Gasteiger partial charge in [-0.2, -0.15) is 0 Å². The van der Waals surface area contributed by atoms with Crippen LogP contribution in [-0.4, -0.2) is 121 Å². The molecule has 18 nitrogen and oxygen atoms in total. The van der Waals surface area contributed by atoms with Crippen LogP contribution in [0, 0.1) is 23.7 Å². The van der Waals surface area contributed by atoms with Crippen molar-refractivity contribution in [3.05, 3.63) is 71.8 Å². The number of hydrogen-bond acceptors (Lipinski definition) is 8. The number of aliphatic imine (C=N–C) groups is 2. The molecule has 10 N–H and O–H groups in total. The zero-order valence-electron chi connectivity index (χ0n) is 31.4. The van der Waals surface area contributed by atoms with Crippen molar-refractivity contribution >= 4 is 47.5 Å². The van der Waals surface area contributed by atoms with E-state index in [1.165, 1.54) is 0 Å². The Morgan fingerprint density at radius 3 is 1.21 bits per heavy atom. The topological polar surface area (TPSA) is 253 Å². The molecule has 5 aliphatic rings. The predicted octanol–water partition coefficient (Wildman–Crippen LogP) is 1.95. The predicted molar refractivity (Wildman–Crippen MR) is 210 cm³/mol. The van der Waals surface area contributed by atoms with E-state index in [1.807, 2.05) is 24.3 Å². The third-order valence-electron chi connectivity index (χ3n) is 10.8. The SMILES string of the molecule is NC(N)=Nc1ccc(CNC(=O)N2CCN(C(=O)OC[C@@H]3[C@@H](COC(=O)N4CCN(C(=O)NCc5ccc(N=C(N)N)cc5)CC4)[C@H]4C=C[C@@H]3CC4)CC2)cc1. The quantitative estimate of drug-likeness (QED) is 0.116. The molecule has 0 unspecified atom stereocenters. The van der Waals surface area contributed by atoms with Crippen molar-refractivity contribution in [3.63, 3.8) is 0 Å². The van der Waals surface area contributed by atoms with E-state index in [4.69, 9.17) is 32.4 Å². The third kappa shape index (κ3) is 10.5. The summed E-state index contributed by atoms with van der Waals surface area (Å²) in [7, 11) is 0. The van der Waals surface area contributed by atoms with E-state index in [0.717, 1.165) is 24.0 Å². The Hall–Kier alpha value is -6.20. The molecule has 2 aromatic rings. The molecule has 56 heavy (non-hydrogen) atoms. The standard InChI is InChI=1S/C38H52N12O6/c39-33(40)45-29-9-1-25(2-10-29)21-43-35(51)47-13-17-49(18-14-47)37(53)55-23-31-27-5-7-28(8-6-27)32(31)24-56-38(54)50-19-15-48(16-20-50)36(52)44-22-26-3-11-30(12-4-26)46-34(41)42/h1-5,7,9-12,27-28,31-32H,6,8,13-24H2,(H,43,51)(H,44,52)(H4,39,40,45)(H4,41,42,46)/t27-,28+,31-,32-/m0/s1. The van der Waals surface area contributed by atoms with Crippen molar-refractivity contribution in [2.75, 3.05) is 65.6 Å². The zero-order valence-corrected chi connectivity index (χ0v) is 31.4. The van der Waals surface area contributed by atoms with Crippen molar-refractivity contribution in [2.45, 2.75) is 25.9 Å². The van der Waals surface area contributed by atoms with Gasteiger partial charge in [-0.3, -0.25) is 0 Å². The van der Waals surface area contributed by atoms with Crippen LogP contribution in [0.3, 0.4) is 0 Å². The number of carbonyl (C=O) groups is 4. The lowest BCUT2D eigenvalue weighted by atomic mass is 9.63. The van der Waals surface area contributed by atoms with Crippen molar-refractivity contribution < 1.29 is 28.7 Å². The van der Waals surface area contributed by atoms with Gasteiger partial charge in [0.05, 0.1) is 24.6 Å². The van der Waals surface area contributed by atoms with Crippen LogP contribution in [-0.2, 0) is 22.6 Å². The normalized spacial score (nSPS) is 21.5. The largest absolute Gasteiger partial charge is 0.449 e. The minimum atomic E-state index is -0.408. The van der Waals surface area contributed by atoms with Gasteiger partial charge in [-0.25, -0.2) is 29.2 Å². The molecule has 2 heterocycles. The summed E-state index contributed by atoms with van der Waals surface area (Å²) in [6.45, 7) is 4.13. The molecule has 7 rings (SSSR count). The van der Waals surface area contributed by atoms with Gasteiger partial charge in [-0.05, 0) is 60.1 Å². The number of nitrogens with one attached hydrogen (secondary N) is 2. The Morgan fingerprint density at radius 1 is 0.554 bits per heavy atom. The Morgan fingerprint density at radius 2 is 0.893 bits per heavy atom. The number of nitrogens with zero attached hydrogens (tertiary/aromatic N) is 6. The molecule has 0 spiro atoms. The molecular weight excluding hydrogens is 720 g/mol. The molecule has 1 saturated carbocycles. The molecule has 4 atom stereocenters. The van der Waals surface area contributed by atoms with Gasteiger partial charge in [-0.15, -0.1) is 0 Å². The number of ether oxygens (including phenoxy) is 2. The number of piperazine rings is 2. The summed E-state index contributed by atoms with van der Waals surface area (Å²) in [6.07, 6.45) is 5.58. The summed E-state index contributed by atoms with van der Waals surface area (Å²) in [4.78, 5) is 66.5. The molecule has 6 amide bonds. The molecule has 3 fully saturated rings. The fraction of sp³-hybridized carbons (Fsp3) is 0.474. The second kappa shape index (κ2) is 18.4. The van der Waals surface area contributed by atoms with Crippen LogP contribution in [0.2, 0.25) is 0 Å². The van der Waals surface area contributed by atoms with Gasteiger partial charge >= 0.3 is 24.2 Å². The van der Waals surface area contributed by atoms with Crippen LogP contribution in [0.15, 0.2) is 70.7 Å². The minimum absolute atomic E-state index is 0.0227. The number of benzene rings is 2. The van der Waals surface area contributed by atoms with E-state index in [-0.39, 0.29) is 60.9 Å². The van der Waals surface area contributed by atoms with Crippen molar-refractivity contribution in [3.8, 4) is 0 Å². The van der Waals surface area contributed by atoms with Gasteiger partial charge in [0, 0.05) is 77.3 Å². The summed E-state index contributed by atoms with van der Waals surface area (Å²) in [6, 6.07) is 14.0. The third-order valence-corrected chi connectivity index (χ3v) is 10.8. The highest BCUT2D eigenvalue weighted by Crippen LogP contribution is 2.45. The van der Waals surface area contributed by atoms with Crippen molar-refractivity contribution in [2.24, 2.45) is 56.6 Å². The molecule has 18 heteroatoms. The summed E-state index contributed by atoms with van der Waals surface area (Å²) in [5, 5.41) is 5.84. The maximum Gasteiger partial charge on any atom is 0.409 e. The highest BCUT2D eigenvalue weighted by atomic mass is 16.6. The first-order valence-electron chi connectivity index (χ1n) is 19.0. The van der Waals surface area contributed by atoms with Crippen LogP contribution in [0.25, 0.3) is 0 Å². The lowest BCUT2D eigenvalue weighted by molar-refractivity contribution is -0.00669. The molecule has 3 aliphatic carbocycles. The molecule has 2 aliphatic heterocycles. The number of guanidine groups is 2. The molecular formula is C38H52N12O6. The summed E-state index contributed by atoms with van der Waals surface area (Å²) < 4.78 is 11.7. The fourth-order valence-corrected chi connectivity index (χ4v) is 7.66. The molecule has 0 radical (unpaired) electrons. The van der Waals surface area contributed by atoms with E-state index < -0.39 is 12.2 Å². The first-order valence-corrected chi connectivity index (χ1v) is 19.0. The number of urea groups is 2. The summed E-state index contributed by atoms with van der Waals surface area (Å²) in [5.74, 6) is 0.478. The van der Waals surface area contributed by atoms with Gasteiger partial charge < -0.3 is 62.6 Å². The Kier molecular flexibility index (Phi) is 13.0. The van der Waals surface area contributed by atoms with E-state index in [0.29, 0.717) is 76.8 Å². The average molecular weight is 773 g/mol. The lowest BCUT2D eigenvalue weighted by Gasteiger charge is -2.44. The highest BCUT2D eigenvalue weighted by molar-refractivity contribution is 5.79. The fourth-order valence-electron chi connectivity index (χ4n) is 7.66. The molecule has 0 aromatic heterocycles. The van der Waals surface area contributed by atoms with E-state index in [9.17, 15) is 19.2 Å². The zero-order chi connectivity index (χ0) is 39.6. The van der Waals surface area contributed by atoms with Gasteiger partial charge in [0.2, 0.25) is 0 Å². The van der Waals surface area contributed by atoms with Gasteiger partial charge in [-0.1, -0.05) is 36.4 Å². The number of allylic oxidation sites excluding steroid dienone is 2. The Labute approximate surface area is 325 Å². The number of nitrogens with two attached hydrogens (primary N) is 4. The molecule has 2 bridgehead atoms. The van der Waals surface area contributed by atoms with E-state index in [2.05, 4.69) is 32.8 Å². The second-order valence-electron chi connectivity index (χ2n) is 14.4. The number of fused-ring (bicyclic) bond motifs is 2. The van der Waals surface area contributed by atoms with Crippen LogP contribution in [0.4, 0.5) is 30.6 Å². The first kappa shape index (κ1) is 39.5. The summed E-state index contributed by atoms with van der Waals surface area (Å²) >= 11 is 0. The van der Waals surface area contributed by atoms with Crippen LogP contribution >= 0.6 is 0 Å². The summed E-state index contributed by atoms with van der Waals surface area (Å²) in [5.41, 5.74) is 24.7. The van der Waals surface area contributed by atoms with Gasteiger partial charge in [0.1, 0.15) is 0 Å². The van der Waals surface area contributed by atoms with E-state index in [1.54, 1.807) is 43.9 Å². The molecule has 2 saturated heterocycles. The lowest BCUT2D eigenvalue weighted by Crippen LogP contribution is -2.53. The maximum absolute atomic E-state index is 13.1. The smallest absolute Gasteiger partial charge is 0.409 e.